The lowest BCUT2D eigenvalue weighted by atomic mass is 9.75. The number of hydrogen-bond acceptors (Lipinski definition) is 5. The summed E-state index contributed by atoms with van der Waals surface area (Å²) in [5.41, 5.74) is 8.79. The molecule has 2 atom stereocenters. The first-order valence-corrected chi connectivity index (χ1v) is 11.7. The predicted molar refractivity (Wildman–Crippen MR) is 125 cm³/mol. The molecule has 8 heteroatoms. The number of likely N-dealkylation sites (tertiary alicyclic amines) is 1. The maximum Gasteiger partial charge on any atom is 0.254 e. The lowest BCUT2D eigenvalue weighted by molar-refractivity contribution is -0.138. The molecule has 3 amide bonds. The van der Waals surface area contributed by atoms with Crippen LogP contribution >= 0.6 is 0 Å². The van der Waals surface area contributed by atoms with E-state index in [4.69, 9.17) is 15.2 Å². The van der Waals surface area contributed by atoms with Crippen molar-refractivity contribution in [2.24, 2.45) is 11.7 Å². The van der Waals surface area contributed by atoms with Crippen molar-refractivity contribution in [2.75, 3.05) is 33.9 Å². The van der Waals surface area contributed by atoms with Crippen molar-refractivity contribution in [3.63, 3.8) is 0 Å². The van der Waals surface area contributed by atoms with Gasteiger partial charge in [0, 0.05) is 31.1 Å². The molecule has 0 spiro atoms. The van der Waals surface area contributed by atoms with E-state index < -0.39 is 12.0 Å². The number of hydrogen-bond donors (Lipinski definition) is 1. The number of carbonyl (C=O) groups is 3. The first-order chi connectivity index (χ1) is 16.4. The SMILES string of the molecule is COc1cc2c(cc1OC)C(C(=O)N1CCC(C(N)=O)CC1)C1c3ccccc3CCN1C2=O. The molecule has 5 rings (SSSR count). The van der Waals surface area contributed by atoms with Crippen molar-refractivity contribution < 1.29 is 23.9 Å². The summed E-state index contributed by atoms with van der Waals surface area (Å²) < 4.78 is 11.0. The normalized spacial score (nSPS) is 21.9. The number of nitrogens with zero attached hydrogens (tertiary/aromatic N) is 2. The van der Waals surface area contributed by atoms with E-state index in [1.54, 1.807) is 19.2 Å². The molecule has 0 saturated carbocycles. The van der Waals surface area contributed by atoms with Gasteiger partial charge in [-0.15, -0.1) is 0 Å². The van der Waals surface area contributed by atoms with Gasteiger partial charge in [-0.05, 0) is 48.1 Å². The lowest BCUT2D eigenvalue weighted by Gasteiger charge is -2.46. The number of piperidine rings is 1. The van der Waals surface area contributed by atoms with Gasteiger partial charge in [0.2, 0.25) is 11.8 Å². The fraction of sp³-hybridized carbons (Fsp3) is 0.423. The van der Waals surface area contributed by atoms with E-state index in [2.05, 4.69) is 6.07 Å². The third-order valence-electron chi connectivity index (χ3n) is 7.50. The molecule has 1 saturated heterocycles. The molecule has 0 aliphatic carbocycles. The second kappa shape index (κ2) is 8.66. The third kappa shape index (κ3) is 3.48. The maximum absolute atomic E-state index is 14.1. The minimum absolute atomic E-state index is 0.0457. The largest absolute Gasteiger partial charge is 0.493 e. The van der Waals surface area contributed by atoms with Crippen molar-refractivity contribution in [3.05, 3.63) is 58.7 Å². The van der Waals surface area contributed by atoms with E-state index in [9.17, 15) is 14.4 Å². The number of rotatable bonds is 4. The van der Waals surface area contributed by atoms with Crippen LogP contribution in [0.15, 0.2) is 36.4 Å². The van der Waals surface area contributed by atoms with Gasteiger partial charge >= 0.3 is 0 Å². The number of amides is 3. The van der Waals surface area contributed by atoms with Gasteiger partial charge in [-0.3, -0.25) is 14.4 Å². The van der Waals surface area contributed by atoms with Crippen LogP contribution in [-0.4, -0.2) is 61.4 Å². The number of carbonyl (C=O) groups excluding carboxylic acids is 3. The van der Waals surface area contributed by atoms with Crippen LogP contribution in [0.5, 0.6) is 11.5 Å². The summed E-state index contributed by atoms with van der Waals surface area (Å²) in [4.78, 5) is 43.0. The molecule has 0 radical (unpaired) electrons. The van der Waals surface area contributed by atoms with E-state index in [1.165, 1.54) is 7.11 Å². The van der Waals surface area contributed by atoms with Gasteiger partial charge in [0.15, 0.2) is 11.5 Å². The number of methoxy groups -OCH3 is 2. The molecule has 2 aromatic carbocycles. The van der Waals surface area contributed by atoms with Crippen molar-refractivity contribution >= 4 is 17.7 Å². The monoisotopic (exact) mass is 463 g/mol. The summed E-state index contributed by atoms with van der Waals surface area (Å²) in [6.45, 7) is 1.48. The van der Waals surface area contributed by atoms with Crippen LogP contribution in [0.3, 0.4) is 0 Å². The molecular formula is C26H29N3O5. The second-order valence-corrected chi connectivity index (χ2v) is 9.17. The number of benzene rings is 2. The first kappa shape index (κ1) is 22.3. The van der Waals surface area contributed by atoms with Crippen molar-refractivity contribution in [1.82, 2.24) is 9.80 Å². The van der Waals surface area contributed by atoms with Crippen LogP contribution < -0.4 is 15.2 Å². The summed E-state index contributed by atoms with van der Waals surface area (Å²) in [7, 11) is 3.07. The molecule has 8 nitrogen and oxygen atoms in total. The summed E-state index contributed by atoms with van der Waals surface area (Å²) >= 11 is 0. The van der Waals surface area contributed by atoms with Crippen molar-refractivity contribution in [3.8, 4) is 11.5 Å². The van der Waals surface area contributed by atoms with Crippen LogP contribution in [0.25, 0.3) is 0 Å². The van der Waals surface area contributed by atoms with Crippen molar-refractivity contribution in [2.45, 2.75) is 31.2 Å². The highest BCUT2D eigenvalue weighted by Gasteiger charge is 2.48. The van der Waals surface area contributed by atoms with Crippen LogP contribution in [0.4, 0.5) is 0 Å². The van der Waals surface area contributed by atoms with E-state index in [-0.39, 0.29) is 23.6 Å². The molecule has 1 fully saturated rings. The summed E-state index contributed by atoms with van der Waals surface area (Å²) in [6.07, 6.45) is 1.85. The Balaban J connectivity index is 1.63. The molecule has 3 aliphatic heterocycles. The molecule has 178 valence electrons. The summed E-state index contributed by atoms with van der Waals surface area (Å²) in [5.74, 6) is -0.317. The van der Waals surface area contributed by atoms with Gasteiger partial charge in [-0.2, -0.15) is 0 Å². The molecular weight excluding hydrogens is 434 g/mol. The quantitative estimate of drug-likeness (QED) is 0.750. The minimum Gasteiger partial charge on any atom is -0.493 e. The highest BCUT2D eigenvalue weighted by atomic mass is 16.5. The van der Waals surface area contributed by atoms with E-state index in [1.807, 2.05) is 28.0 Å². The maximum atomic E-state index is 14.1. The standard InChI is InChI=1S/C26H29N3O5/c1-33-20-13-18-19(14-21(20)34-2)25(31)29-12-9-15-5-3-4-6-17(15)23(29)22(18)26(32)28-10-7-16(8-11-28)24(27)30/h3-6,13-14,16,22-23H,7-12H2,1-2H3,(H2,27,30). The Labute approximate surface area is 198 Å². The lowest BCUT2D eigenvalue weighted by Crippen LogP contribution is -2.52. The van der Waals surface area contributed by atoms with E-state index in [0.29, 0.717) is 55.1 Å². The Morgan fingerprint density at radius 3 is 2.32 bits per heavy atom. The predicted octanol–water partition coefficient (Wildman–Crippen LogP) is 2.26. The fourth-order valence-electron chi connectivity index (χ4n) is 5.70. The molecule has 2 N–H and O–H groups in total. The van der Waals surface area contributed by atoms with Gasteiger partial charge < -0.3 is 25.0 Å². The molecule has 0 aromatic heterocycles. The Bertz CT molecular complexity index is 1160. The minimum atomic E-state index is -0.584. The summed E-state index contributed by atoms with van der Waals surface area (Å²) in [6, 6.07) is 11.1. The smallest absolute Gasteiger partial charge is 0.254 e. The van der Waals surface area contributed by atoms with Crippen molar-refractivity contribution in [1.29, 1.82) is 0 Å². The second-order valence-electron chi connectivity index (χ2n) is 9.17. The number of nitrogens with two attached hydrogens (primary N) is 1. The zero-order chi connectivity index (χ0) is 24.0. The van der Waals surface area contributed by atoms with Gasteiger partial charge in [-0.1, -0.05) is 24.3 Å². The van der Waals surface area contributed by atoms with E-state index in [0.717, 1.165) is 17.5 Å². The molecule has 2 aromatic rings. The zero-order valence-electron chi connectivity index (χ0n) is 19.5. The first-order valence-electron chi connectivity index (χ1n) is 11.7. The van der Waals surface area contributed by atoms with Crippen LogP contribution in [0.1, 0.15) is 51.8 Å². The molecule has 0 bridgehead atoms. The third-order valence-corrected chi connectivity index (χ3v) is 7.50. The average molecular weight is 464 g/mol. The Morgan fingerprint density at radius 1 is 0.971 bits per heavy atom. The topological polar surface area (TPSA) is 102 Å². The van der Waals surface area contributed by atoms with Gasteiger partial charge in [-0.25, -0.2) is 0 Å². The molecule has 34 heavy (non-hydrogen) atoms. The fourth-order valence-corrected chi connectivity index (χ4v) is 5.70. The zero-order valence-corrected chi connectivity index (χ0v) is 19.5. The van der Waals surface area contributed by atoms with Crippen LogP contribution in [0, 0.1) is 5.92 Å². The van der Waals surface area contributed by atoms with Crippen LogP contribution in [-0.2, 0) is 16.0 Å². The average Bonchev–Trinajstić information content (AvgIpc) is 2.87. The molecule has 3 heterocycles. The van der Waals surface area contributed by atoms with Gasteiger partial charge in [0.25, 0.3) is 5.91 Å². The van der Waals surface area contributed by atoms with Gasteiger partial charge in [0.1, 0.15) is 0 Å². The van der Waals surface area contributed by atoms with Crippen LogP contribution in [0.2, 0.25) is 0 Å². The number of primary amides is 1. The van der Waals surface area contributed by atoms with Gasteiger partial charge in [0.05, 0.1) is 26.2 Å². The van der Waals surface area contributed by atoms with E-state index >= 15 is 0 Å². The highest BCUT2D eigenvalue weighted by molar-refractivity contribution is 6.02. The summed E-state index contributed by atoms with van der Waals surface area (Å²) in [5, 5.41) is 0. The Hall–Kier alpha value is -3.55. The molecule has 3 aliphatic rings. The molecule has 2 unspecified atom stereocenters. The number of fused-ring (bicyclic) bond motifs is 4. The number of ether oxygens (including phenoxy) is 2. The Morgan fingerprint density at radius 2 is 1.65 bits per heavy atom. The Kier molecular flexibility index (Phi) is 5.67. The highest BCUT2D eigenvalue weighted by Crippen LogP contribution is 2.49.